The molecule has 1 aromatic heterocycles. The smallest absolute Gasteiger partial charge is 0.197 e. The number of hydrogen-bond acceptors (Lipinski definition) is 2. The number of nitrogens with zero attached hydrogens (tertiary/aromatic N) is 1. The molecule has 2 nitrogen and oxygen atoms in total. The summed E-state index contributed by atoms with van der Waals surface area (Å²) in [7, 11) is 0. The highest BCUT2D eigenvalue weighted by atomic mass is 32.1. The Balaban J connectivity index is 2.77. The van der Waals surface area contributed by atoms with Crippen molar-refractivity contribution in [1.82, 2.24) is 9.97 Å². The molecule has 0 unspecified atom stereocenters. The highest BCUT2D eigenvalue weighted by Crippen LogP contribution is 2.25. The van der Waals surface area contributed by atoms with Crippen molar-refractivity contribution >= 4 is 12.2 Å². The largest absolute Gasteiger partial charge is 0.328 e. The monoisotopic (exact) mass is 242 g/mol. The van der Waals surface area contributed by atoms with Crippen molar-refractivity contribution in [3.8, 4) is 11.3 Å². The Bertz CT molecular complexity index is 575. The molecule has 0 atom stereocenters. The molecule has 1 aromatic carbocycles. The molecule has 1 heterocycles. The molecule has 0 aliphatic rings. The molecule has 82 valence electrons. The van der Waals surface area contributed by atoms with E-state index in [1.54, 1.807) is 0 Å². The molecule has 16 heavy (non-hydrogen) atoms. The van der Waals surface area contributed by atoms with Gasteiger partial charge in [0, 0.05) is 0 Å². The second kappa shape index (κ2) is 4.05. The fraction of sp³-hybridized carbons (Fsp3) is 0. The Hall–Kier alpha value is -1.69. The van der Waals surface area contributed by atoms with Crippen molar-refractivity contribution in [3.63, 3.8) is 0 Å². The van der Waals surface area contributed by atoms with Crippen LogP contribution >= 0.6 is 12.2 Å². The van der Waals surface area contributed by atoms with Gasteiger partial charge in [-0.25, -0.2) is 18.2 Å². The van der Waals surface area contributed by atoms with E-state index in [4.69, 9.17) is 0 Å². The van der Waals surface area contributed by atoms with Gasteiger partial charge in [0.25, 0.3) is 0 Å². The summed E-state index contributed by atoms with van der Waals surface area (Å²) in [6, 6.07) is 3.27. The van der Waals surface area contributed by atoms with Gasteiger partial charge in [-0.05, 0) is 24.4 Å². The maximum absolute atomic E-state index is 13.4. The van der Waals surface area contributed by atoms with Gasteiger partial charge in [-0.15, -0.1) is 0 Å². The predicted octanol–water partition coefficient (Wildman–Crippen LogP) is 3.22. The van der Waals surface area contributed by atoms with Crippen LogP contribution in [0.15, 0.2) is 24.4 Å². The van der Waals surface area contributed by atoms with Crippen molar-refractivity contribution < 1.29 is 13.2 Å². The maximum Gasteiger partial charge on any atom is 0.197 e. The molecule has 6 heteroatoms. The minimum absolute atomic E-state index is 0.0425. The van der Waals surface area contributed by atoms with Crippen LogP contribution in [0.25, 0.3) is 11.3 Å². The molecule has 0 aliphatic heterocycles. The number of rotatable bonds is 1. The Kier molecular flexibility index (Phi) is 2.74. The van der Waals surface area contributed by atoms with Crippen LogP contribution in [0.2, 0.25) is 0 Å². The van der Waals surface area contributed by atoms with Crippen LogP contribution in [0.3, 0.4) is 0 Å². The number of hydrogen-bond donors (Lipinski definition) is 1. The van der Waals surface area contributed by atoms with E-state index >= 15 is 0 Å². The summed E-state index contributed by atoms with van der Waals surface area (Å²) in [5.74, 6) is -2.59. The van der Waals surface area contributed by atoms with Crippen molar-refractivity contribution in [2.75, 3.05) is 0 Å². The van der Waals surface area contributed by atoms with E-state index in [1.807, 2.05) is 0 Å². The summed E-state index contributed by atoms with van der Waals surface area (Å²) in [4.78, 5) is 5.79. The van der Waals surface area contributed by atoms with Crippen LogP contribution in [0, 0.1) is 22.2 Å². The molecule has 0 aliphatic carbocycles. The quantitative estimate of drug-likeness (QED) is 0.778. The molecular weight excluding hydrogens is 237 g/mol. The average molecular weight is 242 g/mol. The van der Waals surface area contributed by atoms with E-state index in [2.05, 4.69) is 22.2 Å². The molecule has 0 amide bonds. The van der Waals surface area contributed by atoms with Gasteiger partial charge >= 0.3 is 0 Å². The molecule has 0 fully saturated rings. The maximum atomic E-state index is 13.4. The lowest BCUT2D eigenvalue weighted by Crippen LogP contribution is -1.97. The SMILES string of the molecule is Fc1cnc(=S)[nH]c1-c1c(F)cccc1F. The second-order valence-corrected chi connectivity index (χ2v) is 3.39. The molecule has 0 radical (unpaired) electrons. The summed E-state index contributed by atoms with van der Waals surface area (Å²) in [5.41, 5.74) is -0.816. The van der Waals surface area contributed by atoms with Crippen molar-refractivity contribution in [2.45, 2.75) is 0 Å². The lowest BCUT2D eigenvalue weighted by Gasteiger charge is -2.05. The lowest BCUT2D eigenvalue weighted by molar-refractivity contribution is 0.577. The Morgan fingerprint density at radius 1 is 1.06 bits per heavy atom. The Labute approximate surface area is 93.8 Å². The summed E-state index contributed by atoms with van der Waals surface area (Å²) in [6.07, 6.45) is 0.819. The Morgan fingerprint density at radius 2 is 1.69 bits per heavy atom. The summed E-state index contributed by atoms with van der Waals surface area (Å²) in [5, 5.41) is 0. The highest BCUT2D eigenvalue weighted by molar-refractivity contribution is 7.71. The number of H-pyrrole nitrogens is 1. The predicted molar refractivity (Wildman–Crippen MR) is 54.7 cm³/mol. The van der Waals surface area contributed by atoms with E-state index in [-0.39, 0.29) is 10.5 Å². The normalized spacial score (nSPS) is 10.4. The fourth-order valence-electron chi connectivity index (χ4n) is 1.30. The molecule has 2 rings (SSSR count). The zero-order valence-corrected chi connectivity index (χ0v) is 8.62. The van der Waals surface area contributed by atoms with Gasteiger partial charge in [-0.2, -0.15) is 0 Å². The van der Waals surface area contributed by atoms with Crippen LogP contribution in [-0.2, 0) is 0 Å². The number of benzene rings is 1. The third kappa shape index (κ3) is 1.83. The van der Waals surface area contributed by atoms with E-state index in [0.717, 1.165) is 18.3 Å². The van der Waals surface area contributed by atoms with Gasteiger partial charge in [0.15, 0.2) is 10.6 Å². The number of nitrogens with one attached hydrogen (secondary N) is 1. The van der Waals surface area contributed by atoms with E-state index < -0.39 is 23.0 Å². The number of halogens is 3. The number of aromatic nitrogens is 2. The van der Waals surface area contributed by atoms with E-state index in [0.29, 0.717) is 0 Å². The van der Waals surface area contributed by atoms with Crippen molar-refractivity contribution in [1.29, 1.82) is 0 Å². The van der Waals surface area contributed by atoms with Crippen molar-refractivity contribution in [2.24, 2.45) is 0 Å². The Morgan fingerprint density at radius 3 is 2.31 bits per heavy atom. The first-order chi connectivity index (χ1) is 7.59. The van der Waals surface area contributed by atoms with Gasteiger partial charge in [0.2, 0.25) is 0 Å². The molecule has 0 saturated carbocycles. The molecular formula is C10H5F3N2S. The van der Waals surface area contributed by atoms with Crippen LogP contribution in [0.5, 0.6) is 0 Å². The summed E-state index contributed by atoms with van der Waals surface area (Å²) in [6.45, 7) is 0. The van der Waals surface area contributed by atoms with Crippen LogP contribution < -0.4 is 0 Å². The van der Waals surface area contributed by atoms with Crippen LogP contribution in [0.1, 0.15) is 0 Å². The molecule has 0 bridgehead atoms. The van der Waals surface area contributed by atoms with Gasteiger partial charge in [0.1, 0.15) is 11.6 Å². The van der Waals surface area contributed by atoms with Crippen LogP contribution in [-0.4, -0.2) is 9.97 Å². The first kappa shape index (κ1) is 10.8. The standard InChI is InChI=1S/C10H5F3N2S/c11-5-2-1-3-6(12)8(5)9-7(13)4-14-10(16)15-9/h1-4H,(H,14,15,16). The van der Waals surface area contributed by atoms with Gasteiger partial charge in [0.05, 0.1) is 17.5 Å². The zero-order valence-electron chi connectivity index (χ0n) is 7.80. The minimum Gasteiger partial charge on any atom is -0.328 e. The van der Waals surface area contributed by atoms with Crippen LogP contribution in [0.4, 0.5) is 13.2 Å². The molecule has 0 spiro atoms. The third-order valence-electron chi connectivity index (χ3n) is 1.98. The average Bonchev–Trinajstić information content (AvgIpc) is 2.23. The van der Waals surface area contributed by atoms with E-state index in [9.17, 15) is 13.2 Å². The fourth-order valence-corrected chi connectivity index (χ4v) is 1.45. The first-order valence-corrected chi connectivity index (χ1v) is 4.69. The minimum atomic E-state index is -0.865. The summed E-state index contributed by atoms with van der Waals surface area (Å²) >= 11 is 4.67. The highest BCUT2D eigenvalue weighted by Gasteiger charge is 2.15. The number of aromatic amines is 1. The third-order valence-corrected chi connectivity index (χ3v) is 2.19. The van der Waals surface area contributed by atoms with Gasteiger partial charge < -0.3 is 4.98 Å². The lowest BCUT2D eigenvalue weighted by atomic mass is 10.1. The summed E-state index contributed by atoms with van der Waals surface area (Å²) < 4.78 is 40.0. The van der Waals surface area contributed by atoms with Gasteiger partial charge in [-0.3, -0.25) is 0 Å². The second-order valence-electron chi connectivity index (χ2n) is 3.01. The first-order valence-electron chi connectivity index (χ1n) is 4.29. The van der Waals surface area contributed by atoms with Gasteiger partial charge in [-0.1, -0.05) is 6.07 Å². The topological polar surface area (TPSA) is 28.7 Å². The molecule has 2 aromatic rings. The molecule has 0 saturated heterocycles. The zero-order chi connectivity index (χ0) is 11.7. The molecule has 1 N–H and O–H groups in total. The van der Waals surface area contributed by atoms with Crippen molar-refractivity contribution in [3.05, 3.63) is 46.6 Å². The van der Waals surface area contributed by atoms with E-state index in [1.165, 1.54) is 6.07 Å².